The molecule has 4 rings (SSSR count). The van der Waals surface area contributed by atoms with Gasteiger partial charge in [0.25, 0.3) is 5.91 Å². The molecule has 0 fully saturated rings. The van der Waals surface area contributed by atoms with Gasteiger partial charge in [-0.15, -0.1) is 11.3 Å². The van der Waals surface area contributed by atoms with Crippen molar-refractivity contribution in [2.24, 2.45) is 0 Å². The van der Waals surface area contributed by atoms with Crippen molar-refractivity contribution >= 4 is 22.9 Å². The summed E-state index contributed by atoms with van der Waals surface area (Å²) >= 11 is 1.64. The van der Waals surface area contributed by atoms with Gasteiger partial charge in [-0.3, -0.25) is 4.79 Å². The van der Waals surface area contributed by atoms with Crippen LogP contribution < -0.4 is 5.32 Å². The summed E-state index contributed by atoms with van der Waals surface area (Å²) in [6, 6.07) is 23.6. The molecule has 0 bridgehead atoms. The number of aromatic nitrogens is 1. The minimum Gasteiger partial charge on any atom is -0.322 e. The Morgan fingerprint density at radius 3 is 2.46 bits per heavy atom. The van der Waals surface area contributed by atoms with Crippen molar-refractivity contribution < 1.29 is 4.79 Å². The Balaban J connectivity index is 1.51. The topological polar surface area (TPSA) is 42.0 Å². The number of nitrogens with one attached hydrogen (secondary N) is 1. The van der Waals surface area contributed by atoms with Crippen molar-refractivity contribution in [2.45, 2.75) is 13.8 Å². The Kier molecular flexibility index (Phi) is 5.04. The minimum atomic E-state index is -0.105. The van der Waals surface area contributed by atoms with Crippen LogP contribution in [0.4, 0.5) is 5.69 Å². The summed E-state index contributed by atoms with van der Waals surface area (Å²) in [6.45, 7) is 4.08. The summed E-state index contributed by atoms with van der Waals surface area (Å²) < 4.78 is 0. The van der Waals surface area contributed by atoms with Gasteiger partial charge in [0.05, 0.1) is 5.69 Å². The van der Waals surface area contributed by atoms with E-state index in [0.717, 1.165) is 27.5 Å². The van der Waals surface area contributed by atoms with Crippen LogP contribution in [0.2, 0.25) is 0 Å². The number of hydrogen-bond acceptors (Lipinski definition) is 3. The first-order valence-electron chi connectivity index (χ1n) is 9.10. The highest BCUT2D eigenvalue weighted by atomic mass is 32.1. The quantitative estimate of drug-likeness (QED) is 0.446. The number of carbonyl (C=O) groups is 1. The molecule has 1 heterocycles. The maximum Gasteiger partial charge on any atom is 0.255 e. The molecule has 0 aliphatic rings. The first-order valence-corrected chi connectivity index (χ1v) is 9.98. The van der Waals surface area contributed by atoms with E-state index >= 15 is 0 Å². The molecule has 1 amide bonds. The molecular weight excluding hydrogens is 364 g/mol. The summed E-state index contributed by atoms with van der Waals surface area (Å²) in [5, 5.41) is 6.04. The predicted molar refractivity (Wildman–Crippen MR) is 117 cm³/mol. The first kappa shape index (κ1) is 18.1. The zero-order chi connectivity index (χ0) is 19.5. The molecule has 0 saturated heterocycles. The maximum atomic E-state index is 12.4. The summed E-state index contributed by atoms with van der Waals surface area (Å²) in [7, 11) is 0. The van der Waals surface area contributed by atoms with Crippen LogP contribution in [0.5, 0.6) is 0 Å². The second-order valence-electron chi connectivity index (χ2n) is 6.75. The van der Waals surface area contributed by atoms with Crippen LogP contribution in [-0.2, 0) is 0 Å². The van der Waals surface area contributed by atoms with Crippen LogP contribution in [0.25, 0.3) is 21.8 Å². The van der Waals surface area contributed by atoms with E-state index in [-0.39, 0.29) is 5.91 Å². The Morgan fingerprint density at radius 1 is 0.929 bits per heavy atom. The molecule has 0 aliphatic heterocycles. The number of carbonyl (C=O) groups excluding carboxylic acids is 1. The van der Waals surface area contributed by atoms with Gasteiger partial charge >= 0.3 is 0 Å². The van der Waals surface area contributed by atoms with Gasteiger partial charge in [-0.1, -0.05) is 54.1 Å². The highest BCUT2D eigenvalue weighted by molar-refractivity contribution is 7.13. The van der Waals surface area contributed by atoms with E-state index in [4.69, 9.17) is 4.98 Å². The van der Waals surface area contributed by atoms with Crippen LogP contribution in [0.15, 0.2) is 78.2 Å². The van der Waals surface area contributed by atoms with E-state index in [1.807, 2.05) is 67.6 Å². The van der Waals surface area contributed by atoms with E-state index in [1.165, 1.54) is 11.1 Å². The van der Waals surface area contributed by atoms with Crippen molar-refractivity contribution in [3.8, 4) is 21.8 Å². The van der Waals surface area contributed by atoms with Crippen molar-refractivity contribution in [1.29, 1.82) is 0 Å². The lowest BCUT2D eigenvalue weighted by Gasteiger charge is -2.07. The summed E-state index contributed by atoms with van der Waals surface area (Å²) in [4.78, 5) is 17.2. The van der Waals surface area contributed by atoms with E-state index in [2.05, 4.69) is 29.8 Å². The molecule has 1 aromatic heterocycles. The van der Waals surface area contributed by atoms with Crippen LogP contribution in [0.3, 0.4) is 0 Å². The van der Waals surface area contributed by atoms with Gasteiger partial charge in [-0.25, -0.2) is 4.98 Å². The summed E-state index contributed by atoms with van der Waals surface area (Å²) in [6.07, 6.45) is 0. The SMILES string of the molecule is Cc1cccc(C(=O)Nc2ccc(-c3csc(-c4ccccc4C)n3)cc2)c1. The van der Waals surface area contributed by atoms with Crippen molar-refractivity contribution in [1.82, 2.24) is 4.98 Å². The third kappa shape index (κ3) is 3.87. The van der Waals surface area contributed by atoms with Crippen molar-refractivity contribution in [3.05, 3.63) is 94.9 Å². The minimum absolute atomic E-state index is 0.105. The van der Waals surface area contributed by atoms with Crippen LogP contribution in [0.1, 0.15) is 21.5 Å². The van der Waals surface area contributed by atoms with Gasteiger partial charge in [0, 0.05) is 27.8 Å². The number of thiazole rings is 1. The lowest BCUT2D eigenvalue weighted by Crippen LogP contribution is -2.11. The van der Waals surface area contributed by atoms with E-state index in [0.29, 0.717) is 5.56 Å². The molecule has 4 aromatic rings. The fourth-order valence-electron chi connectivity index (χ4n) is 3.06. The highest BCUT2D eigenvalue weighted by Crippen LogP contribution is 2.31. The van der Waals surface area contributed by atoms with E-state index < -0.39 is 0 Å². The molecule has 0 aliphatic carbocycles. The monoisotopic (exact) mass is 384 g/mol. The summed E-state index contributed by atoms with van der Waals surface area (Å²) in [5.41, 5.74) is 6.86. The average molecular weight is 385 g/mol. The average Bonchev–Trinajstić information content (AvgIpc) is 3.19. The molecule has 138 valence electrons. The number of rotatable bonds is 4. The third-order valence-electron chi connectivity index (χ3n) is 4.60. The molecule has 1 N–H and O–H groups in total. The third-order valence-corrected chi connectivity index (χ3v) is 5.47. The Bertz CT molecular complexity index is 1130. The zero-order valence-electron chi connectivity index (χ0n) is 15.8. The Hall–Kier alpha value is -3.24. The fraction of sp³-hybridized carbons (Fsp3) is 0.0833. The van der Waals surface area contributed by atoms with Gasteiger partial charge in [0.15, 0.2) is 0 Å². The molecule has 3 aromatic carbocycles. The maximum absolute atomic E-state index is 12.4. The number of aryl methyl sites for hydroxylation is 2. The Morgan fingerprint density at radius 2 is 1.71 bits per heavy atom. The van der Waals surface area contributed by atoms with E-state index in [9.17, 15) is 4.79 Å². The van der Waals surface area contributed by atoms with Gasteiger partial charge in [0.2, 0.25) is 0 Å². The number of anilines is 1. The standard InChI is InChI=1S/C24H20N2OS/c1-16-6-5-8-19(14-16)23(27)25-20-12-10-18(11-13-20)22-15-28-24(26-22)21-9-4-3-7-17(21)2/h3-15H,1-2H3,(H,25,27). The normalized spacial score (nSPS) is 10.6. The van der Waals surface area contributed by atoms with Crippen molar-refractivity contribution in [3.63, 3.8) is 0 Å². The molecule has 28 heavy (non-hydrogen) atoms. The smallest absolute Gasteiger partial charge is 0.255 e. The Labute approximate surface area is 168 Å². The van der Waals surface area contributed by atoms with E-state index in [1.54, 1.807) is 11.3 Å². The van der Waals surface area contributed by atoms with Gasteiger partial charge in [-0.2, -0.15) is 0 Å². The number of hydrogen-bond donors (Lipinski definition) is 1. The lowest BCUT2D eigenvalue weighted by molar-refractivity contribution is 0.102. The summed E-state index contributed by atoms with van der Waals surface area (Å²) in [5.74, 6) is -0.105. The molecule has 0 unspecified atom stereocenters. The molecule has 3 nitrogen and oxygen atoms in total. The second-order valence-corrected chi connectivity index (χ2v) is 7.61. The molecule has 0 spiro atoms. The largest absolute Gasteiger partial charge is 0.322 e. The first-order chi connectivity index (χ1) is 13.6. The molecule has 4 heteroatoms. The lowest BCUT2D eigenvalue weighted by atomic mass is 10.1. The highest BCUT2D eigenvalue weighted by Gasteiger charge is 2.10. The molecule has 0 saturated carbocycles. The fourth-order valence-corrected chi connectivity index (χ4v) is 3.98. The molecular formula is C24H20N2OS. The predicted octanol–water partition coefficient (Wildman–Crippen LogP) is 6.35. The number of amides is 1. The second kappa shape index (κ2) is 7.79. The van der Waals surface area contributed by atoms with Gasteiger partial charge in [-0.05, 0) is 43.7 Å². The molecule has 0 atom stereocenters. The van der Waals surface area contributed by atoms with Gasteiger partial charge < -0.3 is 5.32 Å². The number of nitrogens with zero attached hydrogens (tertiary/aromatic N) is 1. The van der Waals surface area contributed by atoms with Crippen LogP contribution in [0, 0.1) is 13.8 Å². The van der Waals surface area contributed by atoms with Crippen molar-refractivity contribution in [2.75, 3.05) is 5.32 Å². The van der Waals surface area contributed by atoms with Gasteiger partial charge in [0.1, 0.15) is 5.01 Å². The van der Waals surface area contributed by atoms with Crippen LogP contribution in [-0.4, -0.2) is 10.9 Å². The number of benzene rings is 3. The van der Waals surface area contributed by atoms with Crippen LogP contribution >= 0.6 is 11.3 Å². The molecule has 0 radical (unpaired) electrons. The zero-order valence-corrected chi connectivity index (χ0v) is 16.6.